The van der Waals surface area contributed by atoms with Crippen molar-refractivity contribution in [3.05, 3.63) is 88.2 Å². The number of halogens is 1. The van der Waals surface area contributed by atoms with Gasteiger partial charge in [-0.3, -0.25) is 0 Å². The van der Waals surface area contributed by atoms with E-state index in [1.54, 1.807) is 0 Å². The van der Waals surface area contributed by atoms with Gasteiger partial charge in [0.2, 0.25) is 0 Å². The number of benzene rings is 3. The number of fused-ring (bicyclic) bond motifs is 1. The Balaban J connectivity index is 1.49. The lowest BCUT2D eigenvalue weighted by Crippen LogP contribution is -2.13. The van der Waals surface area contributed by atoms with Gasteiger partial charge in [0, 0.05) is 5.02 Å². The minimum atomic E-state index is 0.402. The van der Waals surface area contributed by atoms with Crippen molar-refractivity contribution in [1.29, 1.82) is 0 Å². The van der Waals surface area contributed by atoms with Crippen LogP contribution in [0.3, 0.4) is 0 Å². The Morgan fingerprint density at radius 2 is 1.61 bits per heavy atom. The maximum atomic E-state index is 6.27. The van der Waals surface area contributed by atoms with Gasteiger partial charge in [-0.15, -0.1) is 0 Å². The number of rotatable bonds is 8. The molecule has 0 saturated carbocycles. The van der Waals surface area contributed by atoms with Crippen LogP contribution >= 0.6 is 11.6 Å². The molecule has 0 aliphatic heterocycles. The summed E-state index contributed by atoms with van der Waals surface area (Å²) in [6.45, 7) is 7.74. The molecule has 1 heterocycles. The zero-order valence-electron chi connectivity index (χ0n) is 18.2. The van der Waals surface area contributed by atoms with Crippen LogP contribution in [0.2, 0.25) is 5.02 Å². The molecular weight excluding hydrogens is 408 g/mol. The molecule has 0 atom stereocenters. The second-order valence-corrected chi connectivity index (χ2v) is 8.05. The summed E-state index contributed by atoms with van der Waals surface area (Å²) in [4.78, 5) is 4.79. The van der Waals surface area contributed by atoms with Gasteiger partial charge in [0.1, 0.15) is 30.5 Å². The van der Waals surface area contributed by atoms with E-state index in [1.165, 1.54) is 5.56 Å². The van der Waals surface area contributed by atoms with Gasteiger partial charge in [-0.25, -0.2) is 4.98 Å². The molecule has 0 N–H and O–H groups in total. The molecule has 3 aromatic carbocycles. The molecule has 0 aliphatic rings. The molecule has 0 fully saturated rings. The van der Waals surface area contributed by atoms with E-state index in [2.05, 4.69) is 29.7 Å². The summed E-state index contributed by atoms with van der Waals surface area (Å²) in [6, 6.07) is 20.3. The van der Waals surface area contributed by atoms with Crippen LogP contribution in [0.1, 0.15) is 29.4 Å². The first kappa shape index (κ1) is 21.3. The van der Waals surface area contributed by atoms with Crippen LogP contribution in [0.15, 0.2) is 60.7 Å². The van der Waals surface area contributed by atoms with E-state index in [-0.39, 0.29) is 0 Å². The number of imidazole rings is 1. The molecule has 0 radical (unpaired) electrons. The Morgan fingerprint density at radius 1 is 0.903 bits per heavy atom. The van der Waals surface area contributed by atoms with Crippen molar-refractivity contribution in [2.75, 3.05) is 6.61 Å². The SMILES string of the molecule is CCc1ccc(OCc2nc3ccccc3n2CCOc2cc(C)c(Cl)c(C)c2)cc1. The predicted octanol–water partition coefficient (Wildman–Crippen LogP) is 6.53. The Kier molecular flexibility index (Phi) is 6.47. The first-order valence-electron chi connectivity index (χ1n) is 10.6. The highest BCUT2D eigenvalue weighted by atomic mass is 35.5. The van der Waals surface area contributed by atoms with Crippen molar-refractivity contribution in [1.82, 2.24) is 9.55 Å². The molecule has 0 spiro atoms. The molecule has 31 heavy (non-hydrogen) atoms. The van der Waals surface area contributed by atoms with Gasteiger partial charge < -0.3 is 14.0 Å². The number of aromatic nitrogens is 2. The fraction of sp³-hybridized carbons (Fsp3) is 0.269. The molecular formula is C26H27ClN2O2. The second-order valence-electron chi connectivity index (χ2n) is 7.67. The molecule has 4 nitrogen and oxygen atoms in total. The molecule has 4 rings (SSSR count). The van der Waals surface area contributed by atoms with Crippen LogP contribution in [0.5, 0.6) is 11.5 Å². The predicted molar refractivity (Wildman–Crippen MR) is 126 cm³/mol. The maximum Gasteiger partial charge on any atom is 0.148 e. The smallest absolute Gasteiger partial charge is 0.148 e. The molecule has 160 valence electrons. The maximum absolute atomic E-state index is 6.27. The van der Waals surface area contributed by atoms with Crippen LogP contribution in [0.25, 0.3) is 11.0 Å². The van der Waals surface area contributed by atoms with E-state index in [1.807, 2.05) is 56.3 Å². The van der Waals surface area contributed by atoms with E-state index in [9.17, 15) is 0 Å². The largest absolute Gasteiger partial charge is 0.492 e. The third kappa shape index (κ3) is 4.86. The van der Waals surface area contributed by atoms with Gasteiger partial charge >= 0.3 is 0 Å². The molecule has 0 bridgehead atoms. The number of ether oxygens (including phenoxy) is 2. The summed E-state index contributed by atoms with van der Waals surface area (Å²) in [7, 11) is 0. The van der Waals surface area contributed by atoms with Gasteiger partial charge in [-0.1, -0.05) is 42.8 Å². The van der Waals surface area contributed by atoms with Crippen LogP contribution in [-0.2, 0) is 19.6 Å². The van der Waals surface area contributed by atoms with E-state index in [0.29, 0.717) is 19.8 Å². The molecule has 4 aromatic rings. The summed E-state index contributed by atoms with van der Waals surface area (Å²) in [5.41, 5.74) is 5.38. The van der Waals surface area contributed by atoms with Crippen molar-refractivity contribution in [3.8, 4) is 11.5 Å². The highest BCUT2D eigenvalue weighted by molar-refractivity contribution is 6.32. The quantitative estimate of drug-likeness (QED) is 0.316. The van der Waals surface area contributed by atoms with E-state index < -0.39 is 0 Å². The third-order valence-electron chi connectivity index (χ3n) is 5.43. The second kappa shape index (κ2) is 9.44. The first-order chi connectivity index (χ1) is 15.0. The zero-order valence-corrected chi connectivity index (χ0v) is 18.9. The van der Waals surface area contributed by atoms with E-state index in [0.717, 1.165) is 50.9 Å². The summed E-state index contributed by atoms with van der Waals surface area (Å²) >= 11 is 6.27. The Labute approximate surface area is 188 Å². The molecule has 0 unspecified atom stereocenters. The number of hydrogen-bond donors (Lipinski definition) is 0. The minimum absolute atomic E-state index is 0.402. The van der Waals surface area contributed by atoms with Gasteiger partial charge in [-0.2, -0.15) is 0 Å². The highest BCUT2D eigenvalue weighted by Gasteiger charge is 2.12. The number of nitrogens with zero attached hydrogens (tertiary/aromatic N) is 2. The van der Waals surface area contributed by atoms with Gasteiger partial charge in [0.05, 0.1) is 17.6 Å². The summed E-state index contributed by atoms with van der Waals surface area (Å²) in [5, 5.41) is 0.791. The lowest BCUT2D eigenvalue weighted by atomic mass is 10.1. The topological polar surface area (TPSA) is 36.3 Å². The van der Waals surface area contributed by atoms with Gasteiger partial charge in [-0.05, 0) is 73.4 Å². The van der Waals surface area contributed by atoms with E-state index in [4.69, 9.17) is 26.1 Å². The van der Waals surface area contributed by atoms with Crippen LogP contribution in [0, 0.1) is 13.8 Å². The van der Waals surface area contributed by atoms with Crippen molar-refractivity contribution in [2.45, 2.75) is 40.3 Å². The highest BCUT2D eigenvalue weighted by Crippen LogP contribution is 2.26. The summed E-state index contributed by atoms with van der Waals surface area (Å²) in [5.74, 6) is 2.56. The normalized spacial score (nSPS) is 11.1. The standard InChI is InChI=1S/C26H27ClN2O2/c1-4-20-9-11-21(12-10-20)31-17-25-28-23-7-5-6-8-24(23)29(25)13-14-30-22-15-18(2)26(27)19(3)16-22/h5-12,15-16H,4,13-14,17H2,1-3H3. The number of para-hydroxylation sites is 2. The molecule has 5 heteroatoms. The monoisotopic (exact) mass is 434 g/mol. The Morgan fingerprint density at radius 3 is 2.32 bits per heavy atom. The Hall–Kier alpha value is -2.98. The lowest BCUT2D eigenvalue weighted by molar-refractivity contribution is 0.272. The lowest BCUT2D eigenvalue weighted by Gasteiger charge is -2.13. The van der Waals surface area contributed by atoms with Crippen molar-refractivity contribution in [2.24, 2.45) is 0 Å². The van der Waals surface area contributed by atoms with Crippen molar-refractivity contribution < 1.29 is 9.47 Å². The molecule has 0 amide bonds. The van der Waals surface area contributed by atoms with Gasteiger partial charge in [0.25, 0.3) is 0 Å². The number of hydrogen-bond acceptors (Lipinski definition) is 3. The average Bonchev–Trinajstić information content (AvgIpc) is 3.14. The van der Waals surface area contributed by atoms with Crippen LogP contribution < -0.4 is 9.47 Å². The number of aryl methyl sites for hydroxylation is 3. The van der Waals surface area contributed by atoms with Crippen molar-refractivity contribution in [3.63, 3.8) is 0 Å². The summed E-state index contributed by atoms with van der Waals surface area (Å²) < 4.78 is 14.2. The average molecular weight is 435 g/mol. The van der Waals surface area contributed by atoms with Gasteiger partial charge in [0.15, 0.2) is 0 Å². The Bertz CT molecular complexity index is 1160. The van der Waals surface area contributed by atoms with Crippen molar-refractivity contribution >= 4 is 22.6 Å². The summed E-state index contributed by atoms with van der Waals surface area (Å²) in [6.07, 6.45) is 1.02. The van der Waals surface area contributed by atoms with E-state index >= 15 is 0 Å². The minimum Gasteiger partial charge on any atom is -0.492 e. The molecule has 0 saturated heterocycles. The third-order valence-corrected chi connectivity index (χ3v) is 6.02. The zero-order chi connectivity index (χ0) is 21.8. The molecule has 1 aromatic heterocycles. The fourth-order valence-corrected chi connectivity index (χ4v) is 3.81. The molecule has 0 aliphatic carbocycles. The first-order valence-corrected chi connectivity index (χ1v) is 11.0. The van der Waals surface area contributed by atoms with Crippen LogP contribution in [-0.4, -0.2) is 16.2 Å². The van der Waals surface area contributed by atoms with Crippen LogP contribution in [0.4, 0.5) is 0 Å². The fourth-order valence-electron chi connectivity index (χ4n) is 3.70.